The summed E-state index contributed by atoms with van der Waals surface area (Å²) in [5, 5.41) is 8.74. The van der Waals surface area contributed by atoms with E-state index in [4.69, 9.17) is 5.11 Å². The van der Waals surface area contributed by atoms with Crippen LogP contribution in [0.1, 0.15) is 36.2 Å². The van der Waals surface area contributed by atoms with Gasteiger partial charge in [-0.1, -0.05) is 37.8 Å². The zero-order chi connectivity index (χ0) is 14.3. The maximum absolute atomic E-state index is 12.3. The molecule has 0 unspecified atom stereocenters. The Hall–Kier alpha value is -1.79. The normalized spacial score (nSPS) is 9.95. The van der Waals surface area contributed by atoms with Crippen molar-refractivity contribution in [3.05, 3.63) is 35.4 Å². The minimum absolute atomic E-state index is 0.0245. The Bertz CT molecular complexity index is 483. The maximum Gasteiger partial charge on any atom is 0.254 e. The van der Waals surface area contributed by atoms with Gasteiger partial charge in [-0.15, -0.1) is 0 Å². The van der Waals surface area contributed by atoms with Crippen LogP contribution in [-0.4, -0.2) is 36.1 Å². The van der Waals surface area contributed by atoms with Crippen LogP contribution in [0.15, 0.2) is 24.3 Å². The quantitative estimate of drug-likeness (QED) is 0.842. The molecule has 0 fully saturated rings. The molecule has 19 heavy (non-hydrogen) atoms. The number of rotatable bonds is 4. The highest BCUT2D eigenvalue weighted by Gasteiger charge is 2.14. The summed E-state index contributed by atoms with van der Waals surface area (Å²) in [7, 11) is 1.81. The molecule has 0 aliphatic heterocycles. The second-order valence-electron chi connectivity index (χ2n) is 4.91. The Balaban J connectivity index is 2.87. The van der Waals surface area contributed by atoms with E-state index in [1.165, 1.54) is 0 Å². The van der Waals surface area contributed by atoms with Gasteiger partial charge in [0, 0.05) is 19.2 Å². The number of nitrogens with zero attached hydrogens (tertiary/aromatic N) is 1. The average Bonchev–Trinajstić information content (AvgIpc) is 2.42. The van der Waals surface area contributed by atoms with E-state index in [1.807, 2.05) is 12.1 Å². The van der Waals surface area contributed by atoms with E-state index < -0.39 is 0 Å². The van der Waals surface area contributed by atoms with Crippen LogP contribution in [0, 0.1) is 17.8 Å². The first-order valence-electron chi connectivity index (χ1n) is 6.50. The van der Waals surface area contributed by atoms with Crippen molar-refractivity contribution >= 4 is 5.91 Å². The number of hydrogen-bond acceptors (Lipinski definition) is 2. The molecule has 3 heteroatoms. The number of benzene rings is 1. The fraction of sp³-hybridized carbons (Fsp3) is 0.438. The second-order valence-corrected chi connectivity index (χ2v) is 4.91. The van der Waals surface area contributed by atoms with Gasteiger partial charge in [0.2, 0.25) is 0 Å². The van der Waals surface area contributed by atoms with Crippen LogP contribution in [0.2, 0.25) is 0 Å². The lowest BCUT2D eigenvalue weighted by atomic mass is 10.1. The van der Waals surface area contributed by atoms with E-state index in [0.717, 1.165) is 13.0 Å². The summed E-state index contributed by atoms with van der Waals surface area (Å²) in [6, 6.07) is 7.24. The smallest absolute Gasteiger partial charge is 0.254 e. The molecule has 0 saturated carbocycles. The standard InChI is InChI=1S/C16H21NO2/c1-13(2)10-11-17(3)16(19)15-9-5-4-7-14(15)8-6-12-18/h4-5,7,9,13,18H,10-12H2,1-3H3. The fourth-order valence-electron chi connectivity index (χ4n) is 1.67. The Labute approximate surface area is 115 Å². The van der Waals surface area contributed by atoms with E-state index in [9.17, 15) is 4.79 Å². The number of carbonyl (C=O) groups is 1. The van der Waals surface area contributed by atoms with Crippen LogP contribution in [0.5, 0.6) is 0 Å². The van der Waals surface area contributed by atoms with E-state index in [2.05, 4.69) is 25.7 Å². The monoisotopic (exact) mass is 259 g/mol. The Kier molecular flexibility index (Phi) is 6.11. The minimum Gasteiger partial charge on any atom is -0.384 e. The zero-order valence-corrected chi connectivity index (χ0v) is 11.8. The first kappa shape index (κ1) is 15.3. The lowest BCUT2D eigenvalue weighted by Gasteiger charge is -2.19. The van der Waals surface area contributed by atoms with Crippen molar-refractivity contribution in [3.8, 4) is 11.8 Å². The second kappa shape index (κ2) is 7.60. The van der Waals surface area contributed by atoms with Gasteiger partial charge in [-0.3, -0.25) is 4.79 Å². The van der Waals surface area contributed by atoms with Gasteiger partial charge < -0.3 is 10.0 Å². The predicted molar refractivity (Wildman–Crippen MR) is 76.8 cm³/mol. The van der Waals surface area contributed by atoms with E-state index in [1.54, 1.807) is 24.1 Å². The summed E-state index contributed by atoms with van der Waals surface area (Å²) < 4.78 is 0. The van der Waals surface area contributed by atoms with Crippen molar-refractivity contribution in [3.63, 3.8) is 0 Å². The molecule has 0 aliphatic carbocycles. The molecule has 0 spiro atoms. The third-order valence-electron chi connectivity index (χ3n) is 2.85. The van der Waals surface area contributed by atoms with Crippen LogP contribution in [-0.2, 0) is 0 Å². The van der Waals surface area contributed by atoms with Crippen LogP contribution < -0.4 is 0 Å². The molecular formula is C16H21NO2. The van der Waals surface area contributed by atoms with E-state index in [-0.39, 0.29) is 12.5 Å². The Morgan fingerprint density at radius 1 is 1.37 bits per heavy atom. The number of aliphatic hydroxyl groups excluding tert-OH is 1. The summed E-state index contributed by atoms with van der Waals surface area (Å²) in [6.45, 7) is 4.81. The van der Waals surface area contributed by atoms with Crippen molar-refractivity contribution in [1.29, 1.82) is 0 Å². The molecule has 1 aromatic rings. The van der Waals surface area contributed by atoms with Gasteiger partial charge in [0.15, 0.2) is 0 Å². The van der Waals surface area contributed by atoms with Gasteiger partial charge >= 0.3 is 0 Å². The molecule has 1 amide bonds. The molecule has 0 aromatic heterocycles. The van der Waals surface area contributed by atoms with E-state index >= 15 is 0 Å². The highest BCUT2D eigenvalue weighted by Crippen LogP contribution is 2.11. The molecule has 0 heterocycles. The average molecular weight is 259 g/mol. The van der Waals surface area contributed by atoms with Crippen molar-refractivity contribution < 1.29 is 9.90 Å². The first-order valence-corrected chi connectivity index (χ1v) is 6.50. The Morgan fingerprint density at radius 3 is 2.68 bits per heavy atom. The molecule has 1 N–H and O–H groups in total. The first-order chi connectivity index (χ1) is 9.06. The summed E-state index contributed by atoms with van der Waals surface area (Å²) >= 11 is 0. The molecule has 0 aliphatic rings. The third kappa shape index (κ3) is 4.76. The largest absolute Gasteiger partial charge is 0.384 e. The molecule has 1 aromatic carbocycles. The van der Waals surface area contributed by atoms with Gasteiger partial charge in [-0.2, -0.15) is 0 Å². The molecule has 0 bridgehead atoms. The van der Waals surface area contributed by atoms with E-state index in [0.29, 0.717) is 17.0 Å². The molecule has 102 valence electrons. The molecular weight excluding hydrogens is 238 g/mol. The van der Waals surface area contributed by atoms with Crippen molar-refractivity contribution in [1.82, 2.24) is 4.90 Å². The van der Waals surface area contributed by atoms with Crippen LogP contribution in [0.4, 0.5) is 0 Å². The van der Waals surface area contributed by atoms with Gasteiger partial charge in [0.1, 0.15) is 6.61 Å². The molecule has 0 atom stereocenters. The van der Waals surface area contributed by atoms with Crippen LogP contribution >= 0.6 is 0 Å². The van der Waals surface area contributed by atoms with Gasteiger partial charge in [0.25, 0.3) is 5.91 Å². The maximum atomic E-state index is 12.3. The molecule has 1 rings (SSSR count). The van der Waals surface area contributed by atoms with Crippen molar-refractivity contribution in [2.24, 2.45) is 5.92 Å². The third-order valence-corrected chi connectivity index (χ3v) is 2.85. The van der Waals surface area contributed by atoms with Gasteiger partial charge in [-0.25, -0.2) is 0 Å². The number of carbonyl (C=O) groups excluding carboxylic acids is 1. The van der Waals surface area contributed by atoms with Crippen LogP contribution in [0.25, 0.3) is 0 Å². The highest BCUT2D eigenvalue weighted by molar-refractivity contribution is 5.96. The summed E-state index contributed by atoms with van der Waals surface area (Å²) in [5.74, 6) is 5.94. The Morgan fingerprint density at radius 2 is 2.05 bits per heavy atom. The highest BCUT2D eigenvalue weighted by atomic mass is 16.2. The molecule has 3 nitrogen and oxygen atoms in total. The summed E-state index contributed by atoms with van der Waals surface area (Å²) in [6.07, 6.45) is 0.979. The number of amides is 1. The number of hydrogen-bond donors (Lipinski definition) is 1. The number of aliphatic hydroxyl groups is 1. The summed E-state index contributed by atoms with van der Waals surface area (Å²) in [5.41, 5.74) is 1.26. The lowest BCUT2D eigenvalue weighted by Crippen LogP contribution is -2.29. The SMILES string of the molecule is CC(C)CCN(C)C(=O)c1ccccc1C#CCO. The van der Waals surface area contributed by atoms with Crippen molar-refractivity contribution in [2.45, 2.75) is 20.3 Å². The zero-order valence-electron chi connectivity index (χ0n) is 11.8. The molecule has 0 saturated heterocycles. The van der Waals surface area contributed by atoms with Gasteiger partial charge in [0.05, 0.1) is 5.56 Å². The summed E-state index contributed by atoms with van der Waals surface area (Å²) in [4.78, 5) is 14.1. The topological polar surface area (TPSA) is 40.5 Å². The van der Waals surface area contributed by atoms with Crippen molar-refractivity contribution in [2.75, 3.05) is 20.2 Å². The fourth-order valence-corrected chi connectivity index (χ4v) is 1.67. The van der Waals surface area contributed by atoms with Gasteiger partial charge in [-0.05, 0) is 24.5 Å². The van der Waals surface area contributed by atoms with Crippen LogP contribution in [0.3, 0.4) is 0 Å². The molecule has 0 radical (unpaired) electrons. The minimum atomic E-state index is -0.203. The lowest BCUT2D eigenvalue weighted by molar-refractivity contribution is 0.0789. The predicted octanol–water partition coefficient (Wildman–Crippen LogP) is 2.15.